The van der Waals surface area contributed by atoms with Crippen LogP contribution in [-0.4, -0.2) is 36.4 Å². The van der Waals surface area contributed by atoms with E-state index >= 15 is 0 Å². The molecule has 1 aliphatic rings. The first-order chi connectivity index (χ1) is 13.3. The minimum atomic E-state index is -4.59. The van der Waals surface area contributed by atoms with Crippen molar-refractivity contribution in [3.63, 3.8) is 0 Å². The van der Waals surface area contributed by atoms with Crippen molar-refractivity contribution in [3.8, 4) is 0 Å². The maximum Gasteiger partial charge on any atom is 0.433 e. The summed E-state index contributed by atoms with van der Waals surface area (Å²) in [5.41, 5.74) is 0.485. The smallest absolute Gasteiger partial charge is 0.340 e. The Bertz CT molecular complexity index is 1010. The molecule has 28 heavy (non-hydrogen) atoms. The maximum absolute atomic E-state index is 13.1. The Balaban J connectivity index is 1.56. The summed E-state index contributed by atoms with van der Waals surface area (Å²) in [5, 5.41) is 6.83. The van der Waals surface area contributed by atoms with Crippen molar-refractivity contribution in [2.75, 3.05) is 5.32 Å². The lowest BCUT2D eigenvalue weighted by Gasteiger charge is -2.20. The van der Waals surface area contributed by atoms with E-state index in [2.05, 4.69) is 20.4 Å². The van der Waals surface area contributed by atoms with Gasteiger partial charge >= 0.3 is 6.18 Å². The lowest BCUT2D eigenvalue weighted by Crippen LogP contribution is -2.30. The molecule has 0 radical (unpaired) electrons. The lowest BCUT2D eigenvalue weighted by molar-refractivity contribution is -0.141. The van der Waals surface area contributed by atoms with Gasteiger partial charge in [0.25, 0.3) is 5.78 Å². The quantitative estimate of drug-likeness (QED) is 0.723. The summed E-state index contributed by atoms with van der Waals surface area (Å²) in [5.74, 6) is -0.00358. The Labute approximate surface area is 158 Å². The van der Waals surface area contributed by atoms with Crippen molar-refractivity contribution < 1.29 is 18.0 Å². The van der Waals surface area contributed by atoms with E-state index in [0.717, 1.165) is 30.8 Å². The van der Waals surface area contributed by atoms with Gasteiger partial charge in [-0.1, -0.05) is 12.1 Å². The Kier molecular flexibility index (Phi) is 4.40. The molecule has 1 N–H and O–H groups in total. The molecular weight excluding hydrogens is 373 g/mol. The van der Waals surface area contributed by atoms with Crippen molar-refractivity contribution in [2.24, 2.45) is 0 Å². The Morgan fingerprint density at radius 3 is 2.61 bits per heavy atom. The molecule has 0 atom stereocenters. The molecule has 0 unspecified atom stereocenters. The summed E-state index contributed by atoms with van der Waals surface area (Å²) in [6.45, 7) is 2.07. The van der Waals surface area contributed by atoms with Gasteiger partial charge in [-0.3, -0.25) is 4.79 Å². The van der Waals surface area contributed by atoms with Crippen molar-refractivity contribution in [1.82, 2.24) is 24.5 Å². The van der Waals surface area contributed by atoms with Crippen molar-refractivity contribution in [1.29, 1.82) is 0 Å². The van der Waals surface area contributed by atoms with Crippen LogP contribution >= 0.6 is 0 Å². The first-order valence-electron chi connectivity index (χ1n) is 8.72. The van der Waals surface area contributed by atoms with Gasteiger partial charge in [0.2, 0.25) is 5.91 Å². The molecule has 1 fully saturated rings. The highest BCUT2D eigenvalue weighted by Gasteiger charge is 2.34. The first kappa shape index (κ1) is 18.2. The third-order valence-corrected chi connectivity index (χ3v) is 4.51. The van der Waals surface area contributed by atoms with Gasteiger partial charge in [0, 0.05) is 31.3 Å². The van der Waals surface area contributed by atoms with Gasteiger partial charge < -0.3 is 10.2 Å². The predicted octanol–water partition coefficient (Wildman–Crippen LogP) is 3.40. The summed E-state index contributed by atoms with van der Waals surface area (Å²) in [4.78, 5) is 20.8. The largest absolute Gasteiger partial charge is 0.433 e. The number of nitrogens with zero attached hydrogens (tertiary/aromatic N) is 5. The SMILES string of the molecule is CC(=O)N(Cc1ccc(Nc2cc(C(F)(F)F)nc3ncnn23)cc1)C1CC1. The van der Waals surface area contributed by atoms with E-state index in [-0.39, 0.29) is 17.5 Å². The van der Waals surface area contributed by atoms with Crippen LogP contribution in [0.3, 0.4) is 0 Å². The molecule has 7 nitrogen and oxygen atoms in total. The fourth-order valence-corrected chi connectivity index (χ4v) is 2.97. The van der Waals surface area contributed by atoms with Crippen LogP contribution in [0, 0.1) is 0 Å². The molecule has 146 valence electrons. The standard InChI is InChI=1S/C18H17F3N6O/c1-11(28)26(14-6-7-14)9-12-2-4-13(5-3-12)24-16-8-15(18(19,20)21)25-17-22-10-23-27(16)17/h2-5,8,10,14,24H,6-7,9H2,1H3. The van der Waals surface area contributed by atoms with Crippen molar-refractivity contribution in [2.45, 2.75) is 38.5 Å². The van der Waals surface area contributed by atoms with Crippen LogP contribution in [0.4, 0.5) is 24.7 Å². The summed E-state index contributed by atoms with van der Waals surface area (Å²) in [7, 11) is 0. The third kappa shape index (κ3) is 3.75. The lowest BCUT2D eigenvalue weighted by atomic mass is 10.2. The number of benzene rings is 1. The summed E-state index contributed by atoms with van der Waals surface area (Å²) < 4.78 is 40.4. The van der Waals surface area contributed by atoms with E-state index < -0.39 is 11.9 Å². The van der Waals surface area contributed by atoms with Gasteiger partial charge in [-0.25, -0.2) is 4.98 Å². The minimum Gasteiger partial charge on any atom is -0.340 e. The van der Waals surface area contributed by atoms with Crippen LogP contribution < -0.4 is 5.32 Å². The summed E-state index contributed by atoms with van der Waals surface area (Å²) in [6.07, 6.45) is -1.40. The van der Waals surface area contributed by atoms with E-state index in [1.54, 1.807) is 19.1 Å². The van der Waals surface area contributed by atoms with Crippen LogP contribution in [0.15, 0.2) is 36.7 Å². The minimum absolute atomic E-state index is 0.0368. The zero-order valence-corrected chi connectivity index (χ0v) is 14.9. The van der Waals surface area contributed by atoms with E-state index in [9.17, 15) is 18.0 Å². The zero-order chi connectivity index (χ0) is 19.9. The fraction of sp³-hybridized carbons (Fsp3) is 0.333. The number of carbonyl (C=O) groups excluding carboxylic acids is 1. The van der Waals surface area contributed by atoms with Crippen molar-refractivity contribution in [3.05, 3.63) is 47.9 Å². The molecule has 2 aromatic heterocycles. The van der Waals surface area contributed by atoms with E-state index in [0.29, 0.717) is 18.3 Å². The molecule has 10 heteroatoms. The molecule has 2 heterocycles. The number of hydrogen-bond acceptors (Lipinski definition) is 5. The van der Waals surface area contributed by atoms with E-state index in [1.807, 2.05) is 17.0 Å². The number of nitrogens with one attached hydrogen (secondary N) is 1. The number of amides is 1. The van der Waals surface area contributed by atoms with Gasteiger partial charge in [-0.15, -0.1) is 0 Å². The average Bonchev–Trinajstić information content (AvgIpc) is 3.35. The highest BCUT2D eigenvalue weighted by atomic mass is 19.4. The number of rotatable bonds is 5. The van der Waals surface area contributed by atoms with Crippen LogP contribution in [0.1, 0.15) is 31.0 Å². The molecule has 1 amide bonds. The molecule has 0 saturated heterocycles. The molecule has 1 saturated carbocycles. The Morgan fingerprint density at radius 2 is 2.00 bits per heavy atom. The molecule has 4 rings (SSSR count). The number of hydrogen-bond donors (Lipinski definition) is 1. The molecule has 1 aromatic carbocycles. The highest BCUT2D eigenvalue weighted by Crippen LogP contribution is 2.31. The van der Waals surface area contributed by atoms with Crippen molar-refractivity contribution >= 4 is 23.2 Å². The predicted molar refractivity (Wildman–Crippen MR) is 94.8 cm³/mol. The third-order valence-electron chi connectivity index (χ3n) is 4.51. The topological polar surface area (TPSA) is 75.4 Å². The van der Waals surface area contributed by atoms with Crippen LogP contribution in [-0.2, 0) is 17.5 Å². The number of fused-ring (bicyclic) bond motifs is 1. The average molecular weight is 390 g/mol. The van der Waals surface area contributed by atoms with Crippen LogP contribution in [0.2, 0.25) is 0 Å². The zero-order valence-electron chi connectivity index (χ0n) is 14.9. The van der Waals surface area contributed by atoms with Gasteiger partial charge in [-0.05, 0) is 30.5 Å². The normalized spacial score (nSPS) is 14.3. The second kappa shape index (κ2) is 6.77. The molecule has 0 bridgehead atoms. The van der Waals surface area contributed by atoms with Crippen LogP contribution in [0.5, 0.6) is 0 Å². The monoisotopic (exact) mass is 390 g/mol. The Hall–Kier alpha value is -3.17. The summed E-state index contributed by atoms with van der Waals surface area (Å²) >= 11 is 0. The Morgan fingerprint density at radius 1 is 1.29 bits per heavy atom. The summed E-state index contributed by atoms with van der Waals surface area (Å²) in [6, 6.07) is 8.37. The molecule has 0 spiro atoms. The van der Waals surface area contributed by atoms with Gasteiger partial charge in [0.15, 0.2) is 5.69 Å². The van der Waals surface area contributed by atoms with Gasteiger partial charge in [0.05, 0.1) is 0 Å². The number of halogens is 3. The number of aromatic nitrogens is 4. The highest BCUT2D eigenvalue weighted by molar-refractivity contribution is 5.74. The molecule has 1 aliphatic carbocycles. The number of anilines is 2. The van der Waals surface area contributed by atoms with Gasteiger partial charge in [0.1, 0.15) is 12.1 Å². The maximum atomic E-state index is 13.1. The second-order valence-electron chi connectivity index (χ2n) is 6.70. The van der Waals surface area contributed by atoms with Crippen LogP contribution in [0.25, 0.3) is 5.78 Å². The van der Waals surface area contributed by atoms with E-state index in [1.165, 1.54) is 4.52 Å². The fourth-order valence-electron chi connectivity index (χ4n) is 2.97. The molecular formula is C18H17F3N6O. The van der Waals surface area contributed by atoms with E-state index in [4.69, 9.17) is 0 Å². The molecule has 0 aliphatic heterocycles. The second-order valence-corrected chi connectivity index (χ2v) is 6.70. The molecule has 3 aromatic rings. The first-order valence-corrected chi connectivity index (χ1v) is 8.72. The van der Waals surface area contributed by atoms with Gasteiger partial charge in [-0.2, -0.15) is 27.8 Å². The number of alkyl halides is 3. The number of carbonyl (C=O) groups is 1.